The quantitative estimate of drug-likeness (QED) is 0.656. The van der Waals surface area contributed by atoms with Crippen LogP contribution in [0.5, 0.6) is 0 Å². The molecule has 0 aromatic carbocycles. The summed E-state index contributed by atoms with van der Waals surface area (Å²) < 4.78 is 0. The van der Waals surface area contributed by atoms with Crippen molar-refractivity contribution in [1.29, 1.82) is 0 Å². The molecule has 0 bridgehead atoms. The first-order chi connectivity index (χ1) is 7.59. The summed E-state index contributed by atoms with van der Waals surface area (Å²) in [6.45, 7) is 8.38. The van der Waals surface area contributed by atoms with Crippen molar-refractivity contribution in [3.63, 3.8) is 0 Å². The highest BCUT2D eigenvalue weighted by Gasteiger charge is 2.47. The molecular weight excluding hydrogens is 196 g/mol. The van der Waals surface area contributed by atoms with Crippen LogP contribution >= 0.6 is 0 Å². The van der Waals surface area contributed by atoms with Crippen molar-refractivity contribution in [2.24, 2.45) is 17.3 Å². The molecule has 0 aromatic heterocycles. The highest BCUT2D eigenvalue weighted by molar-refractivity contribution is 5.84. The Kier molecular flexibility index (Phi) is 3.05. The minimum atomic E-state index is 0.164. The minimum absolute atomic E-state index is 0.164. The number of hydrogen-bond acceptors (Lipinski definition) is 1. The van der Waals surface area contributed by atoms with E-state index in [0.717, 1.165) is 25.7 Å². The Hall–Kier alpha value is -0.850. The van der Waals surface area contributed by atoms with Crippen molar-refractivity contribution in [2.75, 3.05) is 0 Å². The molecule has 88 valence electrons. The molecule has 3 atom stereocenters. The van der Waals surface area contributed by atoms with E-state index in [-0.39, 0.29) is 11.3 Å². The van der Waals surface area contributed by atoms with Gasteiger partial charge in [-0.3, -0.25) is 4.79 Å². The fraction of sp³-hybridized carbons (Fsp3) is 0.667. The average molecular weight is 218 g/mol. The number of allylic oxidation sites excluding steroid dienone is 3. The predicted octanol–water partition coefficient (Wildman–Crippen LogP) is 3.90. The van der Waals surface area contributed by atoms with Gasteiger partial charge in [-0.15, -0.1) is 6.58 Å². The largest absolute Gasteiger partial charge is 0.299 e. The SMILES string of the molecule is C=CC[C@H](C)C1=CC[C@H]2C(=O)CCC[C@]12C. The second kappa shape index (κ2) is 4.20. The van der Waals surface area contributed by atoms with E-state index in [1.54, 1.807) is 0 Å². The van der Waals surface area contributed by atoms with Crippen LogP contribution < -0.4 is 0 Å². The maximum absolute atomic E-state index is 12.0. The van der Waals surface area contributed by atoms with Gasteiger partial charge < -0.3 is 0 Å². The molecule has 0 spiro atoms. The van der Waals surface area contributed by atoms with Gasteiger partial charge >= 0.3 is 0 Å². The van der Waals surface area contributed by atoms with E-state index in [2.05, 4.69) is 26.5 Å². The van der Waals surface area contributed by atoms with E-state index in [0.29, 0.717) is 11.7 Å². The molecule has 1 fully saturated rings. The van der Waals surface area contributed by atoms with Gasteiger partial charge in [0.1, 0.15) is 5.78 Å². The number of ketones is 1. The van der Waals surface area contributed by atoms with Crippen LogP contribution in [-0.2, 0) is 4.79 Å². The zero-order valence-electron chi connectivity index (χ0n) is 10.5. The first-order valence-electron chi connectivity index (χ1n) is 6.43. The Labute approximate surface area is 98.6 Å². The third kappa shape index (κ3) is 1.66. The zero-order chi connectivity index (χ0) is 11.8. The second-order valence-corrected chi connectivity index (χ2v) is 5.61. The Morgan fingerprint density at radius 3 is 3.12 bits per heavy atom. The Bertz CT molecular complexity index is 339. The van der Waals surface area contributed by atoms with Crippen molar-refractivity contribution in [3.8, 4) is 0 Å². The van der Waals surface area contributed by atoms with E-state index in [1.165, 1.54) is 12.0 Å². The number of carbonyl (C=O) groups is 1. The van der Waals surface area contributed by atoms with Crippen LogP contribution in [0.3, 0.4) is 0 Å². The summed E-state index contributed by atoms with van der Waals surface area (Å²) in [5.41, 5.74) is 1.68. The van der Waals surface area contributed by atoms with Gasteiger partial charge in [-0.1, -0.05) is 31.6 Å². The fourth-order valence-corrected chi connectivity index (χ4v) is 3.69. The predicted molar refractivity (Wildman–Crippen MR) is 67.1 cm³/mol. The van der Waals surface area contributed by atoms with Crippen molar-refractivity contribution in [3.05, 3.63) is 24.3 Å². The molecule has 0 saturated heterocycles. The van der Waals surface area contributed by atoms with Crippen molar-refractivity contribution >= 4 is 5.78 Å². The summed E-state index contributed by atoms with van der Waals surface area (Å²) in [5.74, 6) is 1.33. The lowest BCUT2D eigenvalue weighted by Gasteiger charge is -2.39. The topological polar surface area (TPSA) is 17.1 Å². The van der Waals surface area contributed by atoms with Crippen molar-refractivity contribution < 1.29 is 4.79 Å². The third-order valence-corrected chi connectivity index (χ3v) is 4.56. The Morgan fingerprint density at radius 1 is 1.69 bits per heavy atom. The fourth-order valence-electron chi connectivity index (χ4n) is 3.69. The van der Waals surface area contributed by atoms with Crippen LogP contribution in [-0.4, -0.2) is 5.78 Å². The van der Waals surface area contributed by atoms with Crippen molar-refractivity contribution in [2.45, 2.75) is 46.0 Å². The van der Waals surface area contributed by atoms with Gasteiger partial charge in [0.05, 0.1) is 0 Å². The molecule has 0 unspecified atom stereocenters. The molecule has 2 rings (SSSR count). The lowest BCUT2D eigenvalue weighted by molar-refractivity contribution is -0.128. The van der Waals surface area contributed by atoms with Crippen LogP contribution in [0.2, 0.25) is 0 Å². The lowest BCUT2D eigenvalue weighted by atomic mass is 9.63. The number of rotatable bonds is 3. The molecule has 2 aliphatic carbocycles. The third-order valence-electron chi connectivity index (χ3n) is 4.56. The first-order valence-corrected chi connectivity index (χ1v) is 6.43. The van der Waals surface area contributed by atoms with Crippen LogP contribution in [0.15, 0.2) is 24.3 Å². The van der Waals surface area contributed by atoms with Gasteiger partial charge in [-0.25, -0.2) is 0 Å². The molecule has 0 aliphatic heterocycles. The van der Waals surface area contributed by atoms with Gasteiger partial charge in [0.25, 0.3) is 0 Å². The number of hydrogen-bond donors (Lipinski definition) is 0. The van der Waals surface area contributed by atoms with Gasteiger partial charge in [0, 0.05) is 12.3 Å². The van der Waals surface area contributed by atoms with Crippen LogP contribution in [0.4, 0.5) is 0 Å². The lowest BCUT2D eigenvalue weighted by Crippen LogP contribution is -2.36. The molecule has 1 saturated carbocycles. The van der Waals surface area contributed by atoms with Crippen LogP contribution in [0, 0.1) is 17.3 Å². The van der Waals surface area contributed by atoms with Crippen LogP contribution in [0.1, 0.15) is 46.0 Å². The average Bonchev–Trinajstić information content (AvgIpc) is 2.57. The molecular formula is C15H22O. The molecule has 0 aromatic rings. The molecule has 0 N–H and O–H groups in total. The highest BCUT2D eigenvalue weighted by Crippen LogP contribution is 2.53. The Morgan fingerprint density at radius 2 is 2.44 bits per heavy atom. The summed E-state index contributed by atoms with van der Waals surface area (Å²) in [6.07, 6.45) is 9.40. The molecule has 16 heavy (non-hydrogen) atoms. The summed E-state index contributed by atoms with van der Waals surface area (Å²) in [7, 11) is 0. The van der Waals surface area contributed by atoms with Gasteiger partial charge in [0.2, 0.25) is 0 Å². The number of fused-ring (bicyclic) bond motifs is 1. The van der Waals surface area contributed by atoms with Gasteiger partial charge in [-0.05, 0) is 37.0 Å². The summed E-state index contributed by atoms with van der Waals surface area (Å²) >= 11 is 0. The maximum Gasteiger partial charge on any atom is 0.137 e. The van der Waals surface area contributed by atoms with Crippen molar-refractivity contribution in [1.82, 2.24) is 0 Å². The molecule has 2 aliphatic rings. The minimum Gasteiger partial charge on any atom is -0.299 e. The molecule has 0 radical (unpaired) electrons. The van der Waals surface area contributed by atoms with Gasteiger partial charge in [-0.2, -0.15) is 0 Å². The van der Waals surface area contributed by atoms with E-state index in [9.17, 15) is 4.79 Å². The molecule has 1 nitrogen and oxygen atoms in total. The summed E-state index contributed by atoms with van der Waals surface area (Å²) in [4.78, 5) is 12.0. The molecule has 1 heteroatoms. The van der Waals surface area contributed by atoms with E-state index >= 15 is 0 Å². The normalized spacial score (nSPS) is 35.5. The van der Waals surface area contributed by atoms with E-state index < -0.39 is 0 Å². The van der Waals surface area contributed by atoms with E-state index in [4.69, 9.17) is 0 Å². The zero-order valence-corrected chi connectivity index (χ0v) is 10.5. The summed E-state index contributed by atoms with van der Waals surface area (Å²) in [5, 5.41) is 0. The van der Waals surface area contributed by atoms with Gasteiger partial charge in [0.15, 0.2) is 0 Å². The van der Waals surface area contributed by atoms with E-state index in [1.807, 2.05) is 6.08 Å². The maximum atomic E-state index is 12.0. The monoisotopic (exact) mass is 218 g/mol. The highest BCUT2D eigenvalue weighted by atomic mass is 16.1. The molecule has 0 heterocycles. The standard InChI is InChI=1S/C15H22O/c1-4-6-11(2)12-8-9-13-14(16)7-5-10-15(12,13)3/h4,8,11,13H,1,5-7,9-10H2,2-3H3/t11-,13-,15+/m0/s1. The second-order valence-electron chi connectivity index (χ2n) is 5.61. The summed E-state index contributed by atoms with van der Waals surface area (Å²) in [6, 6.07) is 0. The smallest absolute Gasteiger partial charge is 0.137 e. The number of Topliss-reactive ketones (excluding diaryl/α,β-unsaturated/α-hetero) is 1. The van der Waals surface area contributed by atoms with Crippen LogP contribution in [0.25, 0.3) is 0 Å². The Balaban J connectivity index is 2.22. The number of carbonyl (C=O) groups excluding carboxylic acids is 1. The molecule has 0 amide bonds. The first kappa shape index (κ1) is 11.6.